The maximum absolute atomic E-state index is 12.4. The Hall–Kier alpha value is -2.37. The lowest BCUT2D eigenvalue weighted by Crippen LogP contribution is -2.30. The lowest BCUT2D eigenvalue weighted by atomic mass is 9.94. The normalized spacial score (nSPS) is 12.4. The number of hydrogen-bond acceptors (Lipinski definition) is 3. The Morgan fingerprint density at radius 3 is 2.00 bits per heavy atom. The first-order chi connectivity index (χ1) is 11.5. The molecule has 2 amide bonds. The second-order valence-electron chi connectivity index (χ2n) is 5.69. The molecule has 2 aromatic carbocycles. The number of nitrogens with one attached hydrogen (secondary N) is 2. The van der Waals surface area contributed by atoms with E-state index >= 15 is 0 Å². The van der Waals surface area contributed by atoms with Gasteiger partial charge in [-0.05, 0) is 29.8 Å². The molecule has 0 aliphatic rings. The first-order valence-electron chi connectivity index (χ1n) is 8.02. The van der Waals surface area contributed by atoms with Gasteiger partial charge in [0, 0.05) is 23.8 Å². The number of rotatable bonds is 6. The number of carbonyl (C=O) groups is 2. The summed E-state index contributed by atoms with van der Waals surface area (Å²) in [4.78, 5) is 23.7. The van der Waals surface area contributed by atoms with Gasteiger partial charge in [-0.15, -0.1) is 12.4 Å². The highest BCUT2D eigenvalue weighted by Crippen LogP contribution is 2.21. The fourth-order valence-electron chi connectivity index (χ4n) is 2.27. The van der Waals surface area contributed by atoms with E-state index in [0.717, 1.165) is 5.56 Å². The van der Waals surface area contributed by atoms with Crippen molar-refractivity contribution in [1.29, 1.82) is 0 Å². The maximum atomic E-state index is 12.4. The SMILES string of the molecule is CCC(=O)Nc1ccc(NC(=O)C(C)C(N)c2ccccc2)cc1.Cl. The third-order valence-corrected chi connectivity index (χ3v) is 3.89. The number of benzene rings is 2. The Balaban J connectivity index is 0.00000312. The molecule has 0 heterocycles. The van der Waals surface area contributed by atoms with Crippen LogP contribution in [0, 0.1) is 5.92 Å². The number of hydrogen-bond donors (Lipinski definition) is 3. The summed E-state index contributed by atoms with van der Waals surface area (Å²) < 4.78 is 0. The summed E-state index contributed by atoms with van der Waals surface area (Å²) in [5.41, 5.74) is 8.48. The van der Waals surface area contributed by atoms with Crippen LogP contribution in [0.2, 0.25) is 0 Å². The average molecular weight is 362 g/mol. The van der Waals surface area contributed by atoms with Crippen LogP contribution in [0.5, 0.6) is 0 Å². The highest BCUT2D eigenvalue weighted by Gasteiger charge is 2.22. The predicted octanol–water partition coefficient (Wildman–Crippen LogP) is 3.73. The van der Waals surface area contributed by atoms with Crippen molar-refractivity contribution in [3.05, 3.63) is 60.2 Å². The number of carbonyl (C=O) groups excluding carboxylic acids is 2. The summed E-state index contributed by atoms with van der Waals surface area (Å²) in [7, 11) is 0. The Morgan fingerprint density at radius 2 is 1.48 bits per heavy atom. The Labute approximate surface area is 154 Å². The van der Waals surface area contributed by atoms with E-state index in [1.165, 1.54) is 0 Å². The van der Waals surface area contributed by atoms with Gasteiger partial charge in [-0.2, -0.15) is 0 Å². The van der Waals surface area contributed by atoms with Gasteiger partial charge in [0.1, 0.15) is 0 Å². The molecule has 2 aromatic rings. The van der Waals surface area contributed by atoms with Gasteiger partial charge in [-0.25, -0.2) is 0 Å². The largest absolute Gasteiger partial charge is 0.326 e. The van der Waals surface area contributed by atoms with Crippen LogP contribution >= 0.6 is 12.4 Å². The fourth-order valence-corrected chi connectivity index (χ4v) is 2.27. The molecule has 0 aliphatic heterocycles. The second kappa shape index (κ2) is 9.81. The van der Waals surface area contributed by atoms with Gasteiger partial charge in [0.15, 0.2) is 0 Å². The smallest absolute Gasteiger partial charge is 0.229 e. The zero-order chi connectivity index (χ0) is 17.5. The molecule has 0 saturated heterocycles. The van der Waals surface area contributed by atoms with Crippen LogP contribution in [0.3, 0.4) is 0 Å². The van der Waals surface area contributed by atoms with Gasteiger partial charge in [-0.1, -0.05) is 44.2 Å². The highest BCUT2D eigenvalue weighted by molar-refractivity contribution is 5.94. The minimum absolute atomic E-state index is 0. The predicted molar refractivity (Wildman–Crippen MR) is 104 cm³/mol. The van der Waals surface area contributed by atoms with E-state index in [1.54, 1.807) is 31.2 Å². The van der Waals surface area contributed by atoms with Crippen molar-refractivity contribution in [1.82, 2.24) is 0 Å². The van der Waals surface area contributed by atoms with E-state index in [4.69, 9.17) is 5.73 Å². The Kier molecular flexibility index (Phi) is 8.11. The number of halogens is 1. The second-order valence-corrected chi connectivity index (χ2v) is 5.69. The summed E-state index contributed by atoms with van der Waals surface area (Å²) in [5, 5.41) is 5.62. The summed E-state index contributed by atoms with van der Waals surface area (Å²) >= 11 is 0. The van der Waals surface area contributed by atoms with E-state index in [9.17, 15) is 9.59 Å². The number of amides is 2. The molecule has 0 bridgehead atoms. The van der Waals surface area contributed by atoms with Crippen LogP contribution in [0.15, 0.2) is 54.6 Å². The first kappa shape index (κ1) is 20.7. The van der Waals surface area contributed by atoms with Crippen LogP contribution in [0.4, 0.5) is 11.4 Å². The third kappa shape index (κ3) is 5.89. The molecule has 5 nitrogen and oxygen atoms in total. The van der Waals surface area contributed by atoms with Crippen molar-refractivity contribution < 1.29 is 9.59 Å². The van der Waals surface area contributed by atoms with Crippen molar-refractivity contribution in [3.63, 3.8) is 0 Å². The average Bonchev–Trinajstić information content (AvgIpc) is 2.62. The van der Waals surface area contributed by atoms with Crippen LogP contribution < -0.4 is 16.4 Å². The van der Waals surface area contributed by atoms with Gasteiger partial charge in [-0.3, -0.25) is 9.59 Å². The molecule has 134 valence electrons. The van der Waals surface area contributed by atoms with Gasteiger partial charge < -0.3 is 16.4 Å². The van der Waals surface area contributed by atoms with Crippen molar-refractivity contribution >= 4 is 35.6 Å². The molecule has 6 heteroatoms. The molecule has 25 heavy (non-hydrogen) atoms. The van der Waals surface area contributed by atoms with E-state index in [2.05, 4.69) is 10.6 Å². The van der Waals surface area contributed by atoms with Crippen molar-refractivity contribution in [3.8, 4) is 0 Å². The maximum Gasteiger partial charge on any atom is 0.229 e. The Morgan fingerprint density at radius 1 is 0.960 bits per heavy atom. The number of nitrogens with two attached hydrogens (primary N) is 1. The van der Waals surface area contributed by atoms with Gasteiger partial charge in [0.25, 0.3) is 0 Å². The minimum atomic E-state index is -0.369. The first-order valence-corrected chi connectivity index (χ1v) is 8.02. The standard InChI is InChI=1S/C19H23N3O2.ClH/c1-3-17(23)21-15-9-11-16(12-10-15)22-19(24)13(2)18(20)14-7-5-4-6-8-14;/h4-13,18H,3,20H2,1-2H3,(H,21,23)(H,22,24);1H. The summed E-state index contributed by atoms with van der Waals surface area (Å²) in [6.07, 6.45) is 0.424. The van der Waals surface area contributed by atoms with E-state index in [-0.39, 0.29) is 36.2 Å². The fraction of sp³-hybridized carbons (Fsp3) is 0.263. The van der Waals surface area contributed by atoms with Crippen molar-refractivity contribution in [2.24, 2.45) is 11.7 Å². The molecule has 0 aromatic heterocycles. The molecule has 0 radical (unpaired) electrons. The molecular weight excluding hydrogens is 338 g/mol. The Bertz CT molecular complexity index is 690. The highest BCUT2D eigenvalue weighted by atomic mass is 35.5. The lowest BCUT2D eigenvalue weighted by Gasteiger charge is -2.20. The molecule has 2 atom stereocenters. The molecule has 0 aliphatic carbocycles. The zero-order valence-electron chi connectivity index (χ0n) is 14.4. The summed E-state index contributed by atoms with van der Waals surface area (Å²) in [5.74, 6) is -0.558. The molecule has 0 spiro atoms. The van der Waals surface area contributed by atoms with Crippen LogP contribution in [0.25, 0.3) is 0 Å². The van der Waals surface area contributed by atoms with Crippen LogP contribution in [0.1, 0.15) is 31.9 Å². The molecule has 0 saturated carbocycles. The van der Waals surface area contributed by atoms with Gasteiger partial charge in [0.2, 0.25) is 11.8 Å². The quantitative estimate of drug-likeness (QED) is 0.732. The molecule has 2 unspecified atom stereocenters. The lowest BCUT2D eigenvalue weighted by molar-refractivity contribution is -0.120. The number of anilines is 2. The van der Waals surface area contributed by atoms with Crippen LogP contribution in [-0.2, 0) is 9.59 Å². The molecule has 2 rings (SSSR count). The minimum Gasteiger partial charge on any atom is -0.326 e. The zero-order valence-corrected chi connectivity index (χ0v) is 15.2. The topological polar surface area (TPSA) is 84.2 Å². The van der Waals surface area contributed by atoms with Gasteiger partial charge in [0.05, 0.1) is 5.92 Å². The van der Waals surface area contributed by atoms with Crippen LogP contribution in [-0.4, -0.2) is 11.8 Å². The monoisotopic (exact) mass is 361 g/mol. The third-order valence-electron chi connectivity index (χ3n) is 3.89. The van der Waals surface area contributed by atoms with E-state index in [0.29, 0.717) is 17.8 Å². The van der Waals surface area contributed by atoms with E-state index < -0.39 is 0 Å². The molecular formula is C19H24ClN3O2. The van der Waals surface area contributed by atoms with Crippen molar-refractivity contribution in [2.45, 2.75) is 26.3 Å². The summed E-state index contributed by atoms with van der Waals surface area (Å²) in [6, 6.07) is 16.2. The van der Waals surface area contributed by atoms with E-state index in [1.807, 2.05) is 37.3 Å². The summed E-state index contributed by atoms with van der Waals surface area (Å²) in [6.45, 7) is 3.60. The van der Waals surface area contributed by atoms with Gasteiger partial charge >= 0.3 is 0 Å². The molecule has 0 fully saturated rings. The molecule has 4 N–H and O–H groups in total. The van der Waals surface area contributed by atoms with Crippen molar-refractivity contribution in [2.75, 3.05) is 10.6 Å².